The van der Waals surface area contributed by atoms with E-state index in [0.717, 1.165) is 29.5 Å². The van der Waals surface area contributed by atoms with Gasteiger partial charge in [-0.3, -0.25) is 9.59 Å². The minimum absolute atomic E-state index is 0.0528. The minimum Gasteiger partial charge on any atom is -0.406 e. The number of nitrogens with zero attached hydrogens (tertiary/aromatic N) is 2. The molecule has 0 aromatic heterocycles. The van der Waals surface area contributed by atoms with E-state index in [9.17, 15) is 32.3 Å². The fraction of sp³-hybridized carbons (Fsp3) is 0.308. The number of alkyl halides is 4. The van der Waals surface area contributed by atoms with Gasteiger partial charge in [0, 0.05) is 32.0 Å². The number of hydrogen-bond donors (Lipinski definition) is 7. The second-order valence-electron chi connectivity index (χ2n) is 8.76. The summed E-state index contributed by atoms with van der Waals surface area (Å²) in [6.45, 7) is -0.829. The normalized spacial score (nSPS) is 13.5. The van der Waals surface area contributed by atoms with Crippen molar-refractivity contribution in [3.05, 3.63) is 89.5 Å². The average Bonchev–Trinajstić information content (AvgIpc) is 2.95. The summed E-state index contributed by atoms with van der Waals surface area (Å²) in [5.74, 6) is 3.81. The fourth-order valence-electron chi connectivity index (χ4n) is 3.41. The van der Waals surface area contributed by atoms with Crippen LogP contribution >= 0.6 is 0 Å². The highest BCUT2D eigenvalue weighted by atomic mass is 19.4. The number of aliphatic hydroxyl groups is 1. The lowest BCUT2D eigenvalue weighted by molar-refractivity contribution is -0.274. The lowest BCUT2D eigenvalue weighted by Crippen LogP contribution is -2.34. The van der Waals surface area contributed by atoms with Crippen LogP contribution in [0.1, 0.15) is 23.6 Å². The molecule has 2 atom stereocenters. The van der Waals surface area contributed by atoms with Gasteiger partial charge in [0.1, 0.15) is 17.6 Å². The molecule has 2 unspecified atom stereocenters. The Morgan fingerprint density at radius 3 is 2.50 bits per heavy atom. The van der Waals surface area contributed by atoms with Crippen LogP contribution in [0.3, 0.4) is 0 Å². The molecule has 2 amide bonds. The number of halogens is 4. The molecule has 42 heavy (non-hydrogen) atoms. The lowest BCUT2D eigenvalue weighted by Gasteiger charge is -2.17. The van der Waals surface area contributed by atoms with Crippen LogP contribution in [0.15, 0.2) is 83.5 Å². The highest BCUT2D eigenvalue weighted by Crippen LogP contribution is 2.23. The number of aliphatic hydroxyl groups excluding tert-OH is 1. The summed E-state index contributed by atoms with van der Waals surface area (Å²) in [5, 5.41) is 21.2. The summed E-state index contributed by atoms with van der Waals surface area (Å²) in [6, 6.07) is 13.0. The highest BCUT2D eigenvalue weighted by Gasteiger charge is 2.31. The molecular formula is C26H32F4N8O4. The van der Waals surface area contributed by atoms with Crippen molar-refractivity contribution in [3.8, 4) is 5.75 Å². The highest BCUT2D eigenvalue weighted by molar-refractivity contribution is 5.93. The SMILES string of the molecule is N=N/C(=C\NCC(F)CCN(N)/C=C(\N)C(=O)NCc1cccc(OC(F)(F)F)c1)C(=O)NC(CO)c1ccccc1. The van der Waals surface area contributed by atoms with Crippen LogP contribution in [0.25, 0.3) is 0 Å². The third-order valence-corrected chi connectivity index (χ3v) is 5.47. The number of hydrogen-bond acceptors (Lipinski definition) is 10. The van der Waals surface area contributed by atoms with Crippen LogP contribution in [0.5, 0.6) is 5.75 Å². The molecule has 0 fully saturated rings. The average molecular weight is 597 g/mol. The summed E-state index contributed by atoms with van der Waals surface area (Å²) < 4.78 is 55.3. The number of benzene rings is 2. The van der Waals surface area contributed by atoms with Crippen molar-refractivity contribution in [1.82, 2.24) is 21.0 Å². The van der Waals surface area contributed by atoms with E-state index in [1.54, 1.807) is 30.3 Å². The van der Waals surface area contributed by atoms with E-state index in [1.165, 1.54) is 12.1 Å². The van der Waals surface area contributed by atoms with Gasteiger partial charge in [-0.2, -0.15) is 5.11 Å². The first-order valence-electron chi connectivity index (χ1n) is 12.4. The molecule has 0 aliphatic carbocycles. The van der Waals surface area contributed by atoms with Gasteiger partial charge in [-0.15, -0.1) is 13.2 Å². The van der Waals surface area contributed by atoms with E-state index in [1.807, 2.05) is 0 Å². The second-order valence-corrected chi connectivity index (χ2v) is 8.76. The van der Waals surface area contributed by atoms with E-state index in [2.05, 4.69) is 25.8 Å². The van der Waals surface area contributed by atoms with Crippen LogP contribution in [-0.4, -0.2) is 54.2 Å². The predicted octanol–water partition coefficient (Wildman–Crippen LogP) is 2.22. The van der Waals surface area contributed by atoms with Gasteiger partial charge >= 0.3 is 6.36 Å². The molecule has 0 spiro atoms. The fourth-order valence-corrected chi connectivity index (χ4v) is 3.41. The standard InChI is InChI=1S/C26H32F4N8O4/c27-19(13-34-14-22(37-32)25(41)36-23(16-39)18-6-2-1-3-7-18)9-10-38(33)15-21(31)24(40)35-12-17-5-4-8-20(11-17)42-26(28,29)30/h1-8,11,14-15,19,23,32,34,39H,9-10,12-13,16,31,33H2,(H,35,40)(H,36,41)/b21-15-,22-14-,37-32?. The van der Waals surface area contributed by atoms with Crippen LogP contribution in [0, 0.1) is 5.53 Å². The molecule has 0 aliphatic heterocycles. The van der Waals surface area contributed by atoms with Gasteiger partial charge in [-0.25, -0.2) is 15.8 Å². The third kappa shape index (κ3) is 12.2. The van der Waals surface area contributed by atoms with Gasteiger partial charge in [-0.1, -0.05) is 42.5 Å². The second kappa shape index (κ2) is 16.5. The third-order valence-electron chi connectivity index (χ3n) is 5.47. The van der Waals surface area contributed by atoms with Crippen LogP contribution < -0.4 is 32.3 Å². The van der Waals surface area contributed by atoms with Gasteiger partial charge in [-0.05, 0) is 29.7 Å². The zero-order valence-electron chi connectivity index (χ0n) is 22.3. The van der Waals surface area contributed by atoms with Crippen molar-refractivity contribution in [3.63, 3.8) is 0 Å². The molecule has 0 bridgehead atoms. The Labute approximate surface area is 238 Å². The largest absolute Gasteiger partial charge is 0.573 e. The van der Waals surface area contributed by atoms with Gasteiger partial charge in [0.25, 0.3) is 11.8 Å². The maximum Gasteiger partial charge on any atom is 0.573 e. The Bertz CT molecular complexity index is 1240. The van der Waals surface area contributed by atoms with Crippen LogP contribution in [0.4, 0.5) is 17.6 Å². The van der Waals surface area contributed by atoms with Gasteiger partial charge < -0.3 is 36.5 Å². The molecule has 12 nitrogen and oxygen atoms in total. The smallest absolute Gasteiger partial charge is 0.406 e. The van der Waals surface area contributed by atoms with Crippen LogP contribution in [0.2, 0.25) is 0 Å². The van der Waals surface area contributed by atoms with Crippen LogP contribution in [-0.2, 0) is 16.1 Å². The van der Waals surface area contributed by atoms with E-state index >= 15 is 0 Å². The van der Waals surface area contributed by atoms with E-state index < -0.39 is 36.1 Å². The van der Waals surface area contributed by atoms with Crippen molar-refractivity contribution < 1.29 is 37.0 Å². The Balaban J connectivity index is 1.77. The van der Waals surface area contributed by atoms with E-state index in [0.29, 0.717) is 11.1 Å². The molecule has 2 aromatic carbocycles. The number of carbonyl (C=O) groups is 2. The van der Waals surface area contributed by atoms with Crippen molar-refractivity contribution in [2.45, 2.75) is 31.5 Å². The maximum atomic E-state index is 14.3. The Hall–Kier alpha value is -4.70. The number of amides is 2. The quantitative estimate of drug-likeness (QED) is 0.0504. The molecule has 2 rings (SSSR count). The Morgan fingerprint density at radius 1 is 1.14 bits per heavy atom. The number of hydrazine groups is 1. The molecule has 2 aromatic rings. The van der Waals surface area contributed by atoms with Gasteiger partial charge in [0.15, 0.2) is 5.70 Å². The molecule has 0 saturated carbocycles. The van der Waals surface area contributed by atoms with Crippen molar-refractivity contribution in [1.29, 1.82) is 5.53 Å². The monoisotopic (exact) mass is 596 g/mol. The molecule has 9 N–H and O–H groups in total. The predicted molar refractivity (Wildman–Crippen MR) is 143 cm³/mol. The zero-order valence-corrected chi connectivity index (χ0v) is 22.3. The Kier molecular flexibility index (Phi) is 13.2. The number of nitrogens with two attached hydrogens (primary N) is 2. The molecule has 16 heteroatoms. The van der Waals surface area contributed by atoms with E-state index in [4.69, 9.17) is 17.1 Å². The van der Waals surface area contributed by atoms with Gasteiger partial charge in [0.2, 0.25) is 0 Å². The van der Waals surface area contributed by atoms with Crippen molar-refractivity contribution in [2.75, 3.05) is 19.7 Å². The summed E-state index contributed by atoms with van der Waals surface area (Å²) >= 11 is 0. The number of ether oxygens (including phenoxy) is 1. The Morgan fingerprint density at radius 2 is 1.86 bits per heavy atom. The molecule has 0 heterocycles. The van der Waals surface area contributed by atoms with Crippen molar-refractivity contribution >= 4 is 11.8 Å². The summed E-state index contributed by atoms with van der Waals surface area (Å²) in [4.78, 5) is 24.6. The number of nitrogens with one attached hydrogen (secondary N) is 4. The van der Waals surface area contributed by atoms with E-state index in [-0.39, 0.29) is 44.1 Å². The topological polar surface area (TPSA) is 191 Å². The zero-order chi connectivity index (χ0) is 31.1. The first kappa shape index (κ1) is 33.5. The summed E-state index contributed by atoms with van der Waals surface area (Å²) in [7, 11) is 0. The summed E-state index contributed by atoms with van der Waals surface area (Å²) in [6.07, 6.45) is -4.26. The molecule has 0 aliphatic rings. The molecule has 0 saturated heterocycles. The van der Waals surface area contributed by atoms with Crippen molar-refractivity contribution in [2.24, 2.45) is 16.7 Å². The first-order chi connectivity index (χ1) is 19.9. The maximum absolute atomic E-state index is 14.3. The summed E-state index contributed by atoms with van der Waals surface area (Å²) in [5.41, 5.74) is 13.2. The number of carbonyl (C=O) groups excluding carboxylic acids is 2. The minimum atomic E-state index is -4.85. The van der Waals surface area contributed by atoms with Gasteiger partial charge in [0.05, 0.1) is 12.6 Å². The molecule has 0 radical (unpaired) electrons. The molecular weight excluding hydrogens is 564 g/mol. The molecule has 228 valence electrons. The first-order valence-corrected chi connectivity index (χ1v) is 12.4. The number of rotatable bonds is 16. The lowest BCUT2D eigenvalue weighted by atomic mass is 10.1.